The summed E-state index contributed by atoms with van der Waals surface area (Å²) in [5, 5.41) is 8.75. The largest absolute Gasteiger partial charge is 0.480 e. The SMILES string of the molecule is CC(C(=O)O)N(C)C(=O)COC1CCCC1. The van der Waals surface area contributed by atoms with Crippen molar-refractivity contribution in [2.75, 3.05) is 13.7 Å². The van der Waals surface area contributed by atoms with E-state index in [4.69, 9.17) is 9.84 Å². The first-order chi connectivity index (χ1) is 7.52. The van der Waals surface area contributed by atoms with Gasteiger partial charge in [-0.05, 0) is 19.8 Å². The number of ether oxygens (including phenoxy) is 1. The Hall–Kier alpha value is -1.10. The van der Waals surface area contributed by atoms with Crippen molar-refractivity contribution in [3.8, 4) is 0 Å². The van der Waals surface area contributed by atoms with Crippen LogP contribution in [-0.4, -0.2) is 47.7 Å². The van der Waals surface area contributed by atoms with Crippen LogP contribution < -0.4 is 0 Å². The normalized spacial score (nSPS) is 18.4. The van der Waals surface area contributed by atoms with E-state index in [1.54, 1.807) is 0 Å². The van der Waals surface area contributed by atoms with Crippen LogP contribution in [-0.2, 0) is 14.3 Å². The third kappa shape index (κ3) is 3.48. The van der Waals surface area contributed by atoms with Crippen LogP contribution in [0.1, 0.15) is 32.6 Å². The van der Waals surface area contributed by atoms with Crippen LogP contribution in [0.25, 0.3) is 0 Å². The van der Waals surface area contributed by atoms with E-state index in [1.807, 2.05) is 0 Å². The molecule has 0 aromatic carbocycles. The molecule has 0 heterocycles. The van der Waals surface area contributed by atoms with Crippen molar-refractivity contribution in [1.29, 1.82) is 0 Å². The van der Waals surface area contributed by atoms with Gasteiger partial charge in [-0.15, -0.1) is 0 Å². The summed E-state index contributed by atoms with van der Waals surface area (Å²) < 4.78 is 5.43. The topological polar surface area (TPSA) is 66.8 Å². The van der Waals surface area contributed by atoms with Gasteiger partial charge in [0.2, 0.25) is 5.91 Å². The lowest BCUT2D eigenvalue weighted by molar-refractivity contribution is -0.150. The highest BCUT2D eigenvalue weighted by atomic mass is 16.5. The fourth-order valence-corrected chi connectivity index (χ4v) is 1.73. The number of aliphatic carboxylic acids is 1. The summed E-state index contributed by atoms with van der Waals surface area (Å²) in [4.78, 5) is 23.5. The van der Waals surface area contributed by atoms with Crippen LogP contribution >= 0.6 is 0 Å². The fourth-order valence-electron chi connectivity index (χ4n) is 1.73. The van der Waals surface area contributed by atoms with Crippen LogP contribution in [0.4, 0.5) is 0 Å². The number of carboxylic acid groups (broad SMARTS) is 1. The second-order valence-electron chi connectivity index (χ2n) is 4.24. The molecule has 0 aromatic heterocycles. The molecule has 1 saturated carbocycles. The van der Waals surface area contributed by atoms with Gasteiger partial charge in [-0.1, -0.05) is 12.8 Å². The quantitative estimate of drug-likeness (QED) is 0.759. The molecule has 5 heteroatoms. The first-order valence-corrected chi connectivity index (χ1v) is 5.62. The van der Waals surface area contributed by atoms with Crippen molar-refractivity contribution in [1.82, 2.24) is 4.90 Å². The number of hydrogen-bond donors (Lipinski definition) is 1. The summed E-state index contributed by atoms with van der Waals surface area (Å²) in [5.41, 5.74) is 0. The number of carboxylic acids is 1. The maximum Gasteiger partial charge on any atom is 0.326 e. The van der Waals surface area contributed by atoms with Crippen LogP contribution in [0, 0.1) is 0 Å². The van der Waals surface area contributed by atoms with E-state index in [9.17, 15) is 9.59 Å². The Balaban J connectivity index is 2.30. The molecule has 92 valence electrons. The second kappa shape index (κ2) is 5.84. The summed E-state index contributed by atoms with van der Waals surface area (Å²) in [6.07, 6.45) is 4.50. The Morgan fingerprint density at radius 2 is 2.00 bits per heavy atom. The summed E-state index contributed by atoms with van der Waals surface area (Å²) in [6, 6.07) is -0.806. The number of rotatable bonds is 5. The van der Waals surface area contributed by atoms with Crippen molar-refractivity contribution in [3.63, 3.8) is 0 Å². The van der Waals surface area contributed by atoms with Gasteiger partial charge in [0.25, 0.3) is 0 Å². The van der Waals surface area contributed by atoms with Crippen molar-refractivity contribution < 1.29 is 19.4 Å². The van der Waals surface area contributed by atoms with Gasteiger partial charge in [-0.25, -0.2) is 4.79 Å². The molecule has 1 atom stereocenters. The molecule has 1 N–H and O–H groups in total. The number of hydrogen-bond acceptors (Lipinski definition) is 3. The lowest BCUT2D eigenvalue weighted by Crippen LogP contribution is -2.42. The van der Waals surface area contributed by atoms with Gasteiger partial charge in [0.1, 0.15) is 12.6 Å². The minimum absolute atomic E-state index is 0.0151. The minimum Gasteiger partial charge on any atom is -0.480 e. The number of amides is 1. The van der Waals surface area contributed by atoms with Crippen LogP contribution in [0.15, 0.2) is 0 Å². The molecular formula is C11H19NO4. The predicted octanol–water partition coefficient (Wildman–Crippen LogP) is 0.877. The molecule has 0 spiro atoms. The summed E-state index contributed by atoms with van der Waals surface area (Å²) >= 11 is 0. The molecule has 1 rings (SSSR count). The van der Waals surface area contributed by atoms with Crippen LogP contribution in [0.2, 0.25) is 0 Å². The van der Waals surface area contributed by atoms with E-state index in [0.717, 1.165) is 25.7 Å². The molecule has 0 aromatic rings. The number of carbonyl (C=O) groups is 2. The van der Waals surface area contributed by atoms with Gasteiger partial charge >= 0.3 is 5.97 Å². The van der Waals surface area contributed by atoms with E-state index in [1.165, 1.54) is 18.9 Å². The molecule has 1 aliphatic carbocycles. The standard InChI is InChI=1S/C11H19NO4/c1-8(11(14)15)12(2)10(13)7-16-9-5-3-4-6-9/h8-9H,3-7H2,1-2H3,(H,14,15). The van der Waals surface area contributed by atoms with Gasteiger partial charge in [0.15, 0.2) is 0 Å². The highest BCUT2D eigenvalue weighted by Gasteiger charge is 2.23. The highest BCUT2D eigenvalue weighted by Crippen LogP contribution is 2.20. The Morgan fingerprint density at radius 3 is 2.50 bits per heavy atom. The zero-order valence-electron chi connectivity index (χ0n) is 9.81. The lowest BCUT2D eigenvalue weighted by Gasteiger charge is -2.22. The Labute approximate surface area is 95.4 Å². The first kappa shape index (κ1) is 13.0. The molecule has 0 aliphatic heterocycles. The third-order valence-corrected chi connectivity index (χ3v) is 3.08. The molecular weight excluding hydrogens is 210 g/mol. The minimum atomic E-state index is -1.00. The Kier molecular flexibility index (Phi) is 4.73. The van der Waals surface area contributed by atoms with Crippen molar-refractivity contribution in [3.05, 3.63) is 0 Å². The van der Waals surface area contributed by atoms with Gasteiger partial charge < -0.3 is 14.7 Å². The molecule has 1 aliphatic rings. The summed E-state index contributed by atoms with van der Waals surface area (Å²) in [6.45, 7) is 1.47. The molecule has 0 radical (unpaired) electrons. The molecule has 1 amide bonds. The fraction of sp³-hybridized carbons (Fsp3) is 0.818. The van der Waals surface area contributed by atoms with E-state index < -0.39 is 12.0 Å². The molecule has 1 unspecified atom stereocenters. The number of likely N-dealkylation sites (N-methyl/N-ethyl adjacent to an activating group) is 1. The first-order valence-electron chi connectivity index (χ1n) is 5.62. The third-order valence-electron chi connectivity index (χ3n) is 3.08. The maximum absolute atomic E-state index is 11.6. The van der Waals surface area contributed by atoms with Crippen LogP contribution in [0.3, 0.4) is 0 Å². The second-order valence-corrected chi connectivity index (χ2v) is 4.24. The average molecular weight is 229 g/mol. The van der Waals surface area contributed by atoms with Gasteiger partial charge in [-0.3, -0.25) is 4.79 Å². The molecule has 16 heavy (non-hydrogen) atoms. The molecule has 5 nitrogen and oxygen atoms in total. The zero-order valence-corrected chi connectivity index (χ0v) is 9.81. The summed E-state index contributed by atoms with van der Waals surface area (Å²) in [5.74, 6) is -1.28. The van der Waals surface area contributed by atoms with Crippen molar-refractivity contribution in [2.45, 2.75) is 44.8 Å². The highest BCUT2D eigenvalue weighted by molar-refractivity contribution is 5.83. The monoisotopic (exact) mass is 229 g/mol. The van der Waals surface area contributed by atoms with Crippen molar-refractivity contribution in [2.24, 2.45) is 0 Å². The van der Waals surface area contributed by atoms with E-state index in [-0.39, 0.29) is 18.6 Å². The van der Waals surface area contributed by atoms with Crippen LogP contribution in [0.5, 0.6) is 0 Å². The van der Waals surface area contributed by atoms with Gasteiger partial charge in [-0.2, -0.15) is 0 Å². The van der Waals surface area contributed by atoms with E-state index in [0.29, 0.717) is 0 Å². The molecule has 0 saturated heterocycles. The lowest BCUT2D eigenvalue weighted by atomic mass is 10.3. The van der Waals surface area contributed by atoms with E-state index >= 15 is 0 Å². The summed E-state index contributed by atoms with van der Waals surface area (Å²) in [7, 11) is 1.49. The van der Waals surface area contributed by atoms with Gasteiger partial charge in [0, 0.05) is 7.05 Å². The maximum atomic E-state index is 11.6. The van der Waals surface area contributed by atoms with E-state index in [2.05, 4.69) is 0 Å². The number of carbonyl (C=O) groups excluding carboxylic acids is 1. The zero-order chi connectivity index (χ0) is 12.1. The smallest absolute Gasteiger partial charge is 0.326 e. The average Bonchev–Trinajstić information content (AvgIpc) is 2.76. The molecule has 0 bridgehead atoms. The van der Waals surface area contributed by atoms with Crippen molar-refractivity contribution >= 4 is 11.9 Å². The Morgan fingerprint density at radius 1 is 1.44 bits per heavy atom. The number of nitrogens with zero attached hydrogens (tertiary/aromatic N) is 1. The molecule has 1 fully saturated rings. The van der Waals surface area contributed by atoms with Gasteiger partial charge in [0.05, 0.1) is 6.10 Å². The Bertz CT molecular complexity index is 261. The predicted molar refractivity (Wildman–Crippen MR) is 58.1 cm³/mol.